The van der Waals surface area contributed by atoms with Gasteiger partial charge in [-0.2, -0.15) is 4.98 Å². The predicted octanol–water partition coefficient (Wildman–Crippen LogP) is 3.91. The molecular weight excluding hydrogens is 392 g/mol. The summed E-state index contributed by atoms with van der Waals surface area (Å²) < 4.78 is 7.82. The monoisotopic (exact) mass is 410 g/mol. The summed E-state index contributed by atoms with van der Waals surface area (Å²) in [5.41, 5.74) is 5.37. The number of anilines is 1. The van der Waals surface area contributed by atoms with Crippen molar-refractivity contribution < 1.29 is 14.3 Å². The second kappa shape index (κ2) is 6.77. The van der Waals surface area contributed by atoms with E-state index in [4.69, 9.17) is 16.0 Å². The lowest BCUT2D eigenvalue weighted by Gasteiger charge is -2.30. The molecule has 0 saturated heterocycles. The van der Waals surface area contributed by atoms with E-state index in [2.05, 4.69) is 14.9 Å². The number of oxazole rings is 1. The first-order valence-corrected chi connectivity index (χ1v) is 9.84. The van der Waals surface area contributed by atoms with Crippen molar-refractivity contribution in [3.05, 3.63) is 52.8 Å². The van der Waals surface area contributed by atoms with Crippen molar-refractivity contribution in [2.24, 2.45) is 0 Å². The zero-order chi connectivity index (χ0) is 20.1. The molecule has 1 aliphatic carbocycles. The Balaban J connectivity index is 1.50. The first-order chi connectivity index (χ1) is 14.0. The summed E-state index contributed by atoms with van der Waals surface area (Å²) in [7, 11) is 1.98. The third kappa shape index (κ3) is 3.02. The lowest BCUT2D eigenvalue weighted by molar-refractivity contribution is -0.137. The van der Waals surface area contributed by atoms with Crippen LogP contribution in [0.15, 0.2) is 40.9 Å². The number of benzene rings is 1. The highest BCUT2D eigenvalue weighted by Gasteiger charge is 2.30. The Bertz CT molecular complexity index is 1250. The lowest BCUT2D eigenvalue weighted by Crippen LogP contribution is -2.37. The van der Waals surface area contributed by atoms with Gasteiger partial charge in [0, 0.05) is 35.6 Å². The van der Waals surface area contributed by atoms with Gasteiger partial charge in [-0.25, -0.2) is 0 Å². The zero-order valence-corrected chi connectivity index (χ0v) is 16.6. The minimum absolute atomic E-state index is 0.0517. The standard InChI is InChI=1S/C21H19ClN4O3/c1-25(21-24-15-9-12(22)4-7-18(15)29-21)13-5-6-16-14(10-13)20-17(3-2-8-23-20)26(16)11-19(27)28/h2-4,7-9,13H,5-6,10-11H2,1H3,(H,27,28). The van der Waals surface area contributed by atoms with E-state index >= 15 is 0 Å². The van der Waals surface area contributed by atoms with Gasteiger partial charge in [0.05, 0.1) is 11.0 Å². The Morgan fingerprint density at radius 1 is 1.41 bits per heavy atom. The average Bonchev–Trinajstić information content (AvgIpc) is 3.26. The van der Waals surface area contributed by atoms with Gasteiger partial charge in [0.1, 0.15) is 12.1 Å². The van der Waals surface area contributed by atoms with Crippen molar-refractivity contribution in [3.63, 3.8) is 0 Å². The normalized spacial score (nSPS) is 16.3. The molecule has 3 heterocycles. The summed E-state index contributed by atoms with van der Waals surface area (Å²) in [6, 6.07) is 9.92. The molecule has 148 valence electrons. The molecule has 0 saturated carbocycles. The molecule has 1 unspecified atom stereocenters. The highest BCUT2D eigenvalue weighted by atomic mass is 35.5. The van der Waals surface area contributed by atoms with Crippen molar-refractivity contribution in [2.75, 3.05) is 11.9 Å². The van der Waals surface area contributed by atoms with Crippen molar-refractivity contribution in [2.45, 2.75) is 31.8 Å². The molecule has 0 bridgehead atoms. The fourth-order valence-corrected chi connectivity index (χ4v) is 4.44. The summed E-state index contributed by atoms with van der Waals surface area (Å²) in [6.45, 7) is -0.0517. The SMILES string of the molecule is CN(c1nc2cc(Cl)ccc2o1)C1CCc2c(c3ncccc3n2CC(=O)O)C1. The molecule has 0 amide bonds. The molecule has 8 heteroatoms. The quantitative estimate of drug-likeness (QED) is 0.549. The number of likely N-dealkylation sites (N-methyl/N-ethyl adjacent to an activating group) is 1. The van der Waals surface area contributed by atoms with E-state index in [0.717, 1.165) is 47.1 Å². The second-order valence-corrected chi connectivity index (χ2v) is 7.83. The molecule has 1 aliphatic rings. The van der Waals surface area contributed by atoms with Crippen LogP contribution in [0.4, 0.5) is 6.01 Å². The van der Waals surface area contributed by atoms with E-state index in [1.807, 2.05) is 29.8 Å². The van der Waals surface area contributed by atoms with Crippen LogP contribution in [0.25, 0.3) is 22.1 Å². The molecular formula is C21H19ClN4O3. The number of fused-ring (bicyclic) bond motifs is 4. The number of rotatable bonds is 4. The molecule has 4 aromatic rings. The van der Waals surface area contributed by atoms with Crippen molar-refractivity contribution in [1.29, 1.82) is 0 Å². The number of carboxylic acid groups (broad SMARTS) is 1. The van der Waals surface area contributed by atoms with Crippen LogP contribution in [0, 0.1) is 0 Å². The summed E-state index contributed by atoms with van der Waals surface area (Å²) >= 11 is 6.06. The van der Waals surface area contributed by atoms with Gasteiger partial charge in [-0.15, -0.1) is 0 Å². The number of aromatic nitrogens is 3. The van der Waals surface area contributed by atoms with Gasteiger partial charge in [0.15, 0.2) is 5.58 Å². The van der Waals surface area contributed by atoms with E-state index in [0.29, 0.717) is 16.6 Å². The van der Waals surface area contributed by atoms with Crippen molar-refractivity contribution in [3.8, 4) is 0 Å². The van der Waals surface area contributed by atoms with Gasteiger partial charge >= 0.3 is 5.97 Å². The molecule has 29 heavy (non-hydrogen) atoms. The molecule has 1 atom stereocenters. The Morgan fingerprint density at radius 2 is 2.28 bits per heavy atom. The van der Waals surface area contributed by atoms with Crippen LogP contribution in [0.3, 0.4) is 0 Å². The molecule has 3 aromatic heterocycles. The largest absolute Gasteiger partial charge is 0.480 e. The molecule has 7 nitrogen and oxygen atoms in total. The first-order valence-electron chi connectivity index (χ1n) is 9.47. The summed E-state index contributed by atoms with van der Waals surface area (Å²) in [4.78, 5) is 22.6. The number of nitrogens with zero attached hydrogens (tertiary/aromatic N) is 4. The average molecular weight is 411 g/mol. The summed E-state index contributed by atoms with van der Waals surface area (Å²) in [5, 5.41) is 9.97. The number of hydrogen-bond acceptors (Lipinski definition) is 5. The fraction of sp³-hybridized carbons (Fsp3) is 0.286. The maximum Gasteiger partial charge on any atom is 0.323 e. The van der Waals surface area contributed by atoms with E-state index in [-0.39, 0.29) is 12.6 Å². The first kappa shape index (κ1) is 18.0. The molecule has 1 aromatic carbocycles. The maximum atomic E-state index is 11.4. The summed E-state index contributed by atoms with van der Waals surface area (Å²) in [6.07, 6.45) is 4.16. The third-order valence-corrected chi connectivity index (χ3v) is 5.91. The van der Waals surface area contributed by atoms with Gasteiger partial charge < -0.3 is 19.0 Å². The van der Waals surface area contributed by atoms with Crippen LogP contribution >= 0.6 is 11.6 Å². The van der Waals surface area contributed by atoms with E-state index in [9.17, 15) is 9.90 Å². The van der Waals surface area contributed by atoms with Gasteiger partial charge in [0.2, 0.25) is 0 Å². The minimum Gasteiger partial charge on any atom is -0.480 e. The number of carbonyl (C=O) groups is 1. The topological polar surface area (TPSA) is 84.4 Å². The molecule has 1 N–H and O–H groups in total. The molecule has 0 aliphatic heterocycles. The van der Waals surface area contributed by atoms with Gasteiger partial charge in [0.25, 0.3) is 6.01 Å². The minimum atomic E-state index is -0.849. The van der Waals surface area contributed by atoms with E-state index in [1.165, 1.54) is 0 Å². The highest BCUT2D eigenvalue weighted by Crippen LogP contribution is 2.34. The Kier molecular flexibility index (Phi) is 4.20. The van der Waals surface area contributed by atoms with Crippen LogP contribution in [-0.4, -0.2) is 38.7 Å². The Hall–Kier alpha value is -3.06. The van der Waals surface area contributed by atoms with E-state index in [1.54, 1.807) is 18.3 Å². The zero-order valence-electron chi connectivity index (χ0n) is 15.8. The van der Waals surface area contributed by atoms with Gasteiger partial charge in [-0.05, 0) is 49.6 Å². The van der Waals surface area contributed by atoms with Crippen LogP contribution in [0.1, 0.15) is 17.7 Å². The highest BCUT2D eigenvalue weighted by molar-refractivity contribution is 6.31. The van der Waals surface area contributed by atoms with Gasteiger partial charge in [-0.1, -0.05) is 11.6 Å². The molecule has 0 fully saturated rings. The van der Waals surface area contributed by atoms with Crippen LogP contribution in [-0.2, 0) is 24.2 Å². The van der Waals surface area contributed by atoms with Crippen molar-refractivity contribution >= 4 is 45.7 Å². The Labute approximate surface area is 171 Å². The van der Waals surface area contributed by atoms with E-state index < -0.39 is 5.97 Å². The summed E-state index contributed by atoms with van der Waals surface area (Å²) in [5.74, 6) is -0.849. The lowest BCUT2D eigenvalue weighted by atomic mass is 9.92. The number of halogens is 1. The smallest absolute Gasteiger partial charge is 0.323 e. The molecule has 0 spiro atoms. The van der Waals surface area contributed by atoms with Crippen molar-refractivity contribution in [1.82, 2.24) is 14.5 Å². The number of aliphatic carboxylic acids is 1. The van der Waals surface area contributed by atoms with Crippen LogP contribution < -0.4 is 4.90 Å². The van der Waals surface area contributed by atoms with Gasteiger partial charge in [-0.3, -0.25) is 9.78 Å². The van der Waals surface area contributed by atoms with Crippen LogP contribution in [0.5, 0.6) is 0 Å². The Morgan fingerprint density at radius 3 is 3.10 bits per heavy atom. The number of carboxylic acids is 1. The fourth-order valence-electron chi connectivity index (χ4n) is 4.28. The number of hydrogen-bond donors (Lipinski definition) is 1. The van der Waals surface area contributed by atoms with Crippen LogP contribution in [0.2, 0.25) is 5.02 Å². The maximum absolute atomic E-state index is 11.4. The second-order valence-electron chi connectivity index (χ2n) is 7.39. The third-order valence-electron chi connectivity index (χ3n) is 5.67. The predicted molar refractivity (Wildman–Crippen MR) is 111 cm³/mol. The molecule has 5 rings (SSSR count). The molecule has 0 radical (unpaired) electrons. The number of pyridine rings is 1.